The first-order chi connectivity index (χ1) is 10.0. The van der Waals surface area contributed by atoms with Crippen LogP contribution in [-0.2, 0) is 9.59 Å². The lowest BCUT2D eigenvalue weighted by molar-refractivity contribution is -0.119. The molecule has 1 aromatic rings. The Hall–Kier alpha value is -1.54. The van der Waals surface area contributed by atoms with Gasteiger partial charge < -0.3 is 20.5 Å². The van der Waals surface area contributed by atoms with Crippen LogP contribution in [0.4, 0.5) is 5.82 Å². The lowest BCUT2D eigenvalue weighted by Gasteiger charge is -2.13. The number of nitrogens with zero attached hydrogens (tertiary/aromatic N) is 1. The molecule has 3 N–H and O–H groups in total. The van der Waals surface area contributed by atoms with E-state index in [9.17, 15) is 9.59 Å². The molecule has 0 aliphatic carbocycles. The third-order valence-corrected chi connectivity index (χ3v) is 4.28. The molecular weight excluding hydrogens is 292 g/mol. The predicted molar refractivity (Wildman–Crippen MR) is 81.2 cm³/mol. The lowest BCUT2D eigenvalue weighted by Crippen LogP contribution is -2.38. The third kappa shape index (κ3) is 5.05. The van der Waals surface area contributed by atoms with Crippen LogP contribution in [0, 0.1) is 6.92 Å². The maximum Gasteiger partial charge on any atom is 0.238 e. The molecule has 2 amide bonds. The van der Waals surface area contributed by atoms with Gasteiger partial charge in [-0.25, -0.2) is 0 Å². The number of nitrogens with one attached hydrogen (secondary N) is 3. The minimum atomic E-state index is -0.338. The van der Waals surface area contributed by atoms with Crippen molar-refractivity contribution in [2.75, 3.05) is 24.2 Å². The summed E-state index contributed by atoms with van der Waals surface area (Å²) in [6.07, 6.45) is 0.956. The van der Waals surface area contributed by atoms with Gasteiger partial charge >= 0.3 is 0 Å². The number of anilines is 1. The van der Waals surface area contributed by atoms with Crippen LogP contribution in [0.5, 0.6) is 0 Å². The largest absolute Gasteiger partial charge is 0.360 e. The van der Waals surface area contributed by atoms with Gasteiger partial charge in [-0.2, -0.15) is 0 Å². The van der Waals surface area contributed by atoms with E-state index in [1.165, 1.54) is 11.8 Å². The average molecular weight is 312 g/mol. The van der Waals surface area contributed by atoms with E-state index in [1.54, 1.807) is 19.9 Å². The zero-order chi connectivity index (χ0) is 15.2. The highest BCUT2D eigenvalue weighted by Gasteiger charge is 2.19. The highest BCUT2D eigenvalue weighted by Crippen LogP contribution is 2.14. The van der Waals surface area contributed by atoms with Gasteiger partial charge in [-0.05, 0) is 26.8 Å². The molecule has 0 bridgehead atoms. The van der Waals surface area contributed by atoms with E-state index in [4.69, 9.17) is 4.52 Å². The van der Waals surface area contributed by atoms with Crippen LogP contribution in [-0.4, -0.2) is 47.1 Å². The summed E-state index contributed by atoms with van der Waals surface area (Å²) in [5, 5.41) is 12.1. The molecule has 0 radical (unpaired) electrons. The second kappa shape index (κ2) is 7.46. The molecule has 0 spiro atoms. The number of amides is 2. The van der Waals surface area contributed by atoms with Crippen molar-refractivity contribution >= 4 is 29.4 Å². The monoisotopic (exact) mass is 312 g/mol. The fraction of sp³-hybridized carbons (Fsp3) is 0.615. The average Bonchev–Trinajstić information content (AvgIpc) is 3.08. The van der Waals surface area contributed by atoms with Gasteiger partial charge in [0.05, 0.1) is 11.0 Å². The van der Waals surface area contributed by atoms with E-state index in [1.807, 2.05) is 0 Å². The van der Waals surface area contributed by atoms with Crippen molar-refractivity contribution in [1.29, 1.82) is 0 Å². The van der Waals surface area contributed by atoms with Crippen molar-refractivity contribution in [3.05, 3.63) is 11.8 Å². The Morgan fingerprint density at radius 3 is 3.05 bits per heavy atom. The number of carbonyl (C=O) groups excluding carboxylic acids is 2. The Balaban J connectivity index is 1.69. The maximum atomic E-state index is 11.9. The molecule has 2 unspecified atom stereocenters. The molecule has 1 aromatic heterocycles. The van der Waals surface area contributed by atoms with Crippen LogP contribution in [0.25, 0.3) is 0 Å². The molecule has 116 valence electrons. The quantitative estimate of drug-likeness (QED) is 0.709. The predicted octanol–water partition coefficient (Wildman–Crippen LogP) is 0.521. The summed E-state index contributed by atoms with van der Waals surface area (Å²) in [6.45, 7) is 5.27. The molecule has 2 atom stereocenters. The zero-order valence-corrected chi connectivity index (χ0v) is 13.0. The van der Waals surface area contributed by atoms with Crippen LogP contribution in [0.15, 0.2) is 10.6 Å². The van der Waals surface area contributed by atoms with Gasteiger partial charge in [0, 0.05) is 18.7 Å². The number of rotatable bonds is 6. The Kier molecular flexibility index (Phi) is 5.63. The maximum absolute atomic E-state index is 11.9. The second-order valence-electron chi connectivity index (χ2n) is 5.02. The van der Waals surface area contributed by atoms with Crippen molar-refractivity contribution in [2.45, 2.75) is 31.6 Å². The first-order valence-electron chi connectivity index (χ1n) is 6.90. The summed E-state index contributed by atoms with van der Waals surface area (Å²) in [7, 11) is 0. The van der Waals surface area contributed by atoms with Crippen molar-refractivity contribution in [2.24, 2.45) is 0 Å². The fourth-order valence-electron chi connectivity index (χ4n) is 1.98. The third-order valence-electron chi connectivity index (χ3n) is 3.14. The van der Waals surface area contributed by atoms with Crippen LogP contribution in [0.2, 0.25) is 0 Å². The molecule has 1 fully saturated rings. The molecule has 1 aliphatic rings. The van der Waals surface area contributed by atoms with Gasteiger partial charge in [0.15, 0.2) is 5.82 Å². The molecule has 8 heteroatoms. The van der Waals surface area contributed by atoms with Gasteiger partial charge in [-0.1, -0.05) is 5.16 Å². The van der Waals surface area contributed by atoms with Crippen molar-refractivity contribution in [3.8, 4) is 0 Å². The Bertz CT molecular complexity index is 499. The number of aromatic nitrogens is 1. The molecular formula is C13H20N4O3S. The van der Waals surface area contributed by atoms with Gasteiger partial charge in [0.2, 0.25) is 11.8 Å². The Morgan fingerprint density at radius 1 is 1.62 bits per heavy atom. The molecule has 0 saturated carbocycles. The minimum absolute atomic E-state index is 0.0365. The number of carbonyl (C=O) groups is 2. The van der Waals surface area contributed by atoms with Gasteiger partial charge in [-0.15, -0.1) is 11.8 Å². The van der Waals surface area contributed by atoms with Gasteiger partial charge in [-0.3, -0.25) is 9.59 Å². The zero-order valence-electron chi connectivity index (χ0n) is 12.1. The van der Waals surface area contributed by atoms with Crippen molar-refractivity contribution < 1.29 is 14.1 Å². The number of aryl methyl sites for hydroxylation is 1. The van der Waals surface area contributed by atoms with E-state index >= 15 is 0 Å². The Labute approximate surface area is 127 Å². The van der Waals surface area contributed by atoms with Crippen LogP contribution >= 0.6 is 11.8 Å². The van der Waals surface area contributed by atoms with E-state index in [0.29, 0.717) is 11.6 Å². The highest BCUT2D eigenvalue weighted by atomic mass is 32.2. The second-order valence-corrected chi connectivity index (χ2v) is 6.35. The van der Waals surface area contributed by atoms with Crippen LogP contribution < -0.4 is 16.0 Å². The molecule has 7 nitrogen and oxygen atoms in total. The number of hydrogen-bond acceptors (Lipinski definition) is 6. The van der Waals surface area contributed by atoms with Gasteiger partial charge in [0.25, 0.3) is 0 Å². The summed E-state index contributed by atoms with van der Waals surface area (Å²) < 4.78 is 4.88. The normalized spacial score (nSPS) is 19.2. The van der Waals surface area contributed by atoms with E-state index in [2.05, 4.69) is 21.1 Å². The summed E-state index contributed by atoms with van der Waals surface area (Å²) in [5.41, 5.74) is 0. The van der Waals surface area contributed by atoms with E-state index < -0.39 is 0 Å². The topological polar surface area (TPSA) is 96.3 Å². The smallest absolute Gasteiger partial charge is 0.238 e. The summed E-state index contributed by atoms with van der Waals surface area (Å²) in [4.78, 5) is 23.7. The molecule has 0 aromatic carbocycles. The van der Waals surface area contributed by atoms with Crippen LogP contribution in [0.3, 0.4) is 0 Å². The van der Waals surface area contributed by atoms with Crippen molar-refractivity contribution in [1.82, 2.24) is 15.8 Å². The van der Waals surface area contributed by atoms with Gasteiger partial charge in [0.1, 0.15) is 5.76 Å². The lowest BCUT2D eigenvalue weighted by atomic mass is 10.3. The number of hydrogen-bond donors (Lipinski definition) is 3. The molecule has 2 rings (SSSR count). The number of thioether (sulfide) groups is 1. The standard InChI is InChI=1S/C13H20N4O3S/c1-8-5-11(17-20-8)16-13(19)9(2)21-7-12(18)15-10-3-4-14-6-10/h5,9-10,14H,3-4,6-7H2,1-2H3,(H,15,18)(H,16,17,19). The summed E-state index contributed by atoms with van der Waals surface area (Å²) in [6, 6.07) is 1.86. The van der Waals surface area contributed by atoms with E-state index in [0.717, 1.165) is 19.5 Å². The SMILES string of the molecule is Cc1cc(NC(=O)C(C)SCC(=O)NC2CCNC2)no1. The first kappa shape index (κ1) is 15.8. The fourth-order valence-corrected chi connectivity index (χ4v) is 2.67. The van der Waals surface area contributed by atoms with E-state index in [-0.39, 0.29) is 28.9 Å². The van der Waals surface area contributed by atoms with Crippen LogP contribution in [0.1, 0.15) is 19.1 Å². The molecule has 1 aliphatic heterocycles. The molecule has 21 heavy (non-hydrogen) atoms. The Morgan fingerprint density at radius 2 is 2.43 bits per heavy atom. The highest BCUT2D eigenvalue weighted by molar-refractivity contribution is 8.01. The minimum Gasteiger partial charge on any atom is -0.360 e. The summed E-state index contributed by atoms with van der Waals surface area (Å²) in [5.74, 6) is 1.07. The summed E-state index contributed by atoms with van der Waals surface area (Å²) >= 11 is 1.30. The first-order valence-corrected chi connectivity index (χ1v) is 7.95. The van der Waals surface area contributed by atoms with Crippen molar-refractivity contribution in [3.63, 3.8) is 0 Å². The molecule has 2 heterocycles. The molecule has 1 saturated heterocycles.